The molecule has 3 atom stereocenters. The topological polar surface area (TPSA) is 56.4 Å². The molecule has 5 nitrogen and oxygen atoms in total. The first-order valence-electron chi connectivity index (χ1n) is 5.69. The Morgan fingerprint density at radius 3 is 3.00 bits per heavy atom. The number of nitrogens with one attached hydrogen (secondary N) is 3. The van der Waals surface area contributed by atoms with Crippen LogP contribution in [-0.2, 0) is 4.79 Å². The number of carbonyl (C=O) groups excluding carboxylic acids is 1. The predicted molar refractivity (Wildman–Crippen MR) is 64.5 cm³/mol. The van der Waals surface area contributed by atoms with Gasteiger partial charge in [-0.2, -0.15) is 0 Å². The minimum Gasteiger partial charge on any atom is -0.362 e. The van der Waals surface area contributed by atoms with Gasteiger partial charge in [-0.25, -0.2) is 0 Å². The Hall–Kier alpha value is -1.91. The van der Waals surface area contributed by atoms with E-state index in [1.165, 1.54) is 0 Å². The summed E-state index contributed by atoms with van der Waals surface area (Å²) >= 11 is 0. The van der Waals surface area contributed by atoms with Crippen LogP contribution in [0.2, 0.25) is 0 Å². The van der Waals surface area contributed by atoms with Gasteiger partial charge in [0.15, 0.2) is 11.4 Å². The zero-order valence-electron chi connectivity index (χ0n) is 9.79. The molecule has 0 aromatic carbocycles. The van der Waals surface area contributed by atoms with E-state index < -0.39 is 5.66 Å². The van der Waals surface area contributed by atoms with Crippen molar-refractivity contribution in [3.8, 4) is 0 Å². The first-order valence-corrected chi connectivity index (χ1v) is 5.69. The van der Waals surface area contributed by atoms with Crippen molar-refractivity contribution >= 4 is 5.78 Å². The largest absolute Gasteiger partial charge is 0.362 e. The van der Waals surface area contributed by atoms with Crippen molar-refractivity contribution in [3.63, 3.8) is 0 Å². The van der Waals surface area contributed by atoms with E-state index in [9.17, 15) is 4.79 Å². The summed E-state index contributed by atoms with van der Waals surface area (Å²) in [6, 6.07) is -0.343. The lowest BCUT2D eigenvalue weighted by Crippen LogP contribution is -2.71. The van der Waals surface area contributed by atoms with Gasteiger partial charge in [-0.15, -0.1) is 0 Å². The van der Waals surface area contributed by atoms with Crippen molar-refractivity contribution in [2.45, 2.75) is 24.7 Å². The highest BCUT2D eigenvalue weighted by Gasteiger charge is 2.56. The van der Waals surface area contributed by atoms with Gasteiger partial charge in [0.05, 0.1) is 11.6 Å². The van der Waals surface area contributed by atoms with Crippen molar-refractivity contribution in [1.29, 1.82) is 0 Å². The maximum Gasteiger partial charge on any atom is 0.155 e. The fourth-order valence-electron chi connectivity index (χ4n) is 2.96. The smallest absolute Gasteiger partial charge is 0.155 e. The number of carbonyl (C=O) groups is 1. The number of nitrogens with zero attached hydrogens (tertiary/aromatic N) is 1. The molecule has 3 aliphatic rings. The molecule has 0 aromatic heterocycles. The molecule has 1 unspecified atom stereocenters. The summed E-state index contributed by atoms with van der Waals surface area (Å²) in [5.74, 6) is 1.62. The first kappa shape index (κ1) is 10.3. The maximum atomic E-state index is 11.7. The van der Waals surface area contributed by atoms with Gasteiger partial charge >= 0.3 is 0 Å². The highest BCUT2D eigenvalue weighted by atomic mass is 16.1. The lowest BCUT2D eigenvalue weighted by atomic mass is 9.90. The second-order valence-corrected chi connectivity index (χ2v) is 4.74. The summed E-state index contributed by atoms with van der Waals surface area (Å²) < 4.78 is 0. The minimum atomic E-state index is -0.393. The fraction of sp³-hybridized carbons (Fsp3) is 0.417. The molecule has 17 heavy (non-hydrogen) atoms. The van der Waals surface area contributed by atoms with Gasteiger partial charge < -0.3 is 20.9 Å². The molecule has 90 valence electrons. The van der Waals surface area contributed by atoms with Crippen LogP contribution in [0, 0.1) is 0 Å². The van der Waals surface area contributed by atoms with Crippen LogP contribution in [0.25, 0.3) is 0 Å². The molecular weight excluding hydrogens is 216 g/mol. The average Bonchev–Trinajstić information content (AvgIpc) is 2.79. The van der Waals surface area contributed by atoms with Crippen molar-refractivity contribution < 1.29 is 4.79 Å². The van der Waals surface area contributed by atoms with Crippen molar-refractivity contribution in [2.75, 3.05) is 6.54 Å². The van der Waals surface area contributed by atoms with E-state index in [0.29, 0.717) is 0 Å². The fourth-order valence-corrected chi connectivity index (χ4v) is 2.96. The van der Waals surface area contributed by atoms with Crippen LogP contribution in [0.4, 0.5) is 0 Å². The van der Waals surface area contributed by atoms with Crippen LogP contribution in [-0.4, -0.2) is 35.0 Å². The quantitative estimate of drug-likeness (QED) is 0.538. The summed E-state index contributed by atoms with van der Waals surface area (Å²) in [5, 5.41) is 9.75. The molecule has 3 N–H and O–H groups in total. The molecule has 0 amide bonds. The second kappa shape index (κ2) is 3.06. The van der Waals surface area contributed by atoms with Gasteiger partial charge in [-0.05, 0) is 13.0 Å². The van der Waals surface area contributed by atoms with Crippen LogP contribution in [0.1, 0.15) is 6.92 Å². The lowest BCUT2D eigenvalue weighted by Gasteiger charge is -2.48. The second-order valence-electron chi connectivity index (χ2n) is 4.74. The van der Waals surface area contributed by atoms with Gasteiger partial charge in [0.1, 0.15) is 12.1 Å². The van der Waals surface area contributed by atoms with Crippen LogP contribution < -0.4 is 16.0 Å². The number of rotatable bonds is 1. The zero-order chi connectivity index (χ0) is 12.2. The highest BCUT2D eigenvalue weighted by Crippen LogP contribution is 2.36. The summed E-state index contributed by atoms with van der Waals surface area (Å²) in [4.78, 5) is 13.8. The number of Topliss-reactive ketones (excluding diaryl/α,β-unsaturated/α-hetero) is 1. The lowest BCUT2D eigenvalue weighted by molar-refractivity contribution is -0.121. The van der Waals surface area contributed by atoms with Crippen LogP contribution in [0.15, 0.2) is 37.0 Å². The van der Waals surface area contributed by atoms with Gasteiger partial charge in [0, 0.05) is 6.54 Å². The van der Waals surface area contributed by atoms with Crippen molar-refractivity contribution in [2.24, 2.45) is 0 Å². The Balaban J connectivity index is 2.07. The molecular formula is C12H16N4O. The summed E-state index contributed by atoms with van der Waals surface area (Å²) in [5.41, 5.74) is -0.393. The van der Waals surface area contributed by atoms with E-state index in [1.807, 2.05) is 0 Å². The predicted octanol–water partition coefficient (Wildman–Crippen LogP) is -0.381. The van der Waals surface area contributed by atoms with Gasteiger partial charge in [-0.1, -0.05) is 19.2 Å². The zero-order valence-corrected chi connectivity index (χ0v) is 9.79. The molecule has 2 saturated heterocycles. The van der Waals surface area contributed by atoms with Gasteiger partial charge in [0.25, 0.3) is 0 Å². The van der Waals surface area contributed by atoms with E-state index >= 15 is 0 Å². The third kappa shape index (κ3) is 1.16. The molecule has 0 aliphatic carbocycles. The van der Waals surface area contributed by atoms with Gasteiger partial charge in [-0.3, -0.25) is 4.79 Å². The molecule has 0 radical (unpaired) electrons. The molecule has 0 bridgehead atoms. The molecule has 5 heteroatoms. The van der Waals surface area contributed by atoms with Crippen LogP contribution in [0.3, 0.4) is 0 Å². The van der Waals surface area contributed by atoms with Crippen molar-refractivity contribution in [3.05, 3.63) is 37.0 Å². The monoisotopic (exact) mass is 232 g/mol. The molecule has 0 aromatic rings. The van der Waals surface area contributed by atoms with E-state index in [0.717, 1.165) is 18.2 Å². The molecule has 3 rings (SSSR count). The Kier molecular flexibility index (Phi) is 1.85. The SMILES string of the molecule is C=C1N[C@H]2[C@H](C(C)=O)NC(=C)N3CC=CC23N1. The van der Waals surface area contributed by atoms with Gasteiger partial charge in [0.2, 0.25) is 0 Å². The molecule has 0 saturated carbocycles. The minimum absolute atomic E-state index is 0.0586. The van der Waals surface area contributed by atoms with Crippen LogP contribution >= 0.6 is 0 Å². The Bertz CT molecular complexity index is 453. The summed E-state index contributed by atoms with van der Waals surface area (Å²) in [7, 11) is 0. The number of hydrogen-bond acceptors (Lipinski definition) is 5. The highest BCUT2D eigenvalue weighted by molar-refractivity contribution is 5.83. The molecule has 3 aliphatic heterocycles. The first-order chi connectivity index (χ1) is 8.04. The van der Waals surface area contributed by atoms with E-state index in [4.69, 9.17) is 0 Å². The third-order valence-electron chi connectivity index (χ3n) is 3.68. The van der Waals surface area contributed by atoms with E-state index in [-0.39, 0.29) is 17.9 Å². The standard InChI is InChI=1S/C12H16N4O/c1-7(17)10-11-12(15-8(2)13-11)5-4-6-16(12)9(3)14-10/h4-5,10-11,13-15H,2-3,6H2,1H3/t10-,11-,12?/m0/s1. The Labute approximate surface area is 100 Å². The number of ketones is 1. The summed E-state index contributed by atoms with van der Waals surface area (Å²) in [6.07, 6.45) is 4.17. The Morgan fingerprint density at radius 1 is 1.53 bits per heavy atom. The van der Waals surface area contributed by atoms with Crippen LogP contribution in [0.5, 0.6) is 0 Å². The molecule has 2 fully saturated rings. The summed E-state index contributed by atoms with van der Waals surface area (Å²) in [6.45, 7) is 10.3. The van der Waals surface area contributed by atoms with E-state index in [1.54, 1.807) is 6.92 Å². The average molecular weight is 232 g/mol. The maximum absolute atomic E-state index is 11.7. The van der Waals surface area contributed by atoms with Crippen molar-refractivity contribution in [1.82, 2.24) is 20.9 Å². The molecule has 3 heterocycles. The Morgan fingerprint density at radius 2 is 2.29 bits per heavy atom. The number of hydrogen-bond donors (Lipinski definition) is 3. The molecule has 1 spiro atoms. The van der Waals surface area contributed by atoms with E-state index in [2.05, 4.69) is 46.2 Å². The normalized spacial score (nSPS) is 38.1. The third-order valence-corrected chi connectivity index (χ3v) is 3.68.